The number of halogens is 3. The molecular weight excluding hydrogens is 321 g/mol. The number of aromatic nitrogens is 1. The molecule has 0 saturated heterocycles. The SMILES string of the molecule is O=C(NCc1ccc2c(c1)OCO2)c1scnc1C(F)(F)F. The highest BCUT2D eigenvalue weighted by Crippen LogP contribution is 2.33. The van der Waals surface area contributed by atoms with Crippen LogP contribution in [0.25, 0.3) is 0 Å². The van der Waals surface area contributed by atoms with E-state index in [1.54, 1.807) is 18.2 Å². The summed E-state index contributed by atoms with van der Waals surface area (Å²) in [6, 6.07) is 5.04. The summed E-state index contributed by atoms with van der Waals surface area (Å²) >= 11 is 0.652. The van der Waals surface area contributed by atoms with Gasteiger partial charge in [0.2, 0.25) is 6.79 Å². The van der Waals surface area contributed by atoms with Crippen molar-refractivity contribution < 1.29 is 27.4 Å². The number of benzene rings is 1. The molecule has 1 aliphatic rings. The number of nitrogens with zero attached hydrogens (tertiary/aromatic N) is 1. The predicted molar refractivity (Wildman–Crippen MR) is 70.9 cm³/mol. The first-order chi connectivity index (χ1) is 10.4. The maximum Gasteiger partial charge on any atom is 0.434 e. The molecule has 0 radical (unpaired) electrons. The Morgan fingerprint density at radius 3 is 2.86 bits per heavy atom. The smallest absolute Gasteiger partial charge is 0.434 e. The summed E-state index contributed by atoms with van der Waals surface area (Å²) in [7, 11) is 0. The second kappa shape index (κ2) is 5.48. The number of fused-ring (bicyclic) bond motifs is 1. The number of hydrogen-bond donors (Lipinski definition) is 1. The molecule has 0 fully saturated rings. The molecular formula is C13H9F3N2O3S. The van der Waals surface area contributed by atoms with Gasteiger partial charge in [0.05, 0.1) is 5.51 Å². The summed E-state index contributed by atoms with van der Waals surface area (Å²) in [6.45, 7) is 0.200. The van der Waals surface area contributed by atoms with Gasteiger partial charge in [-0.15, -0.1) is 11.3 Å². The minimum absolute atomic E-state index is 0.0741. The van der Waals surface area contributed by atoms with Crippen LogP contribution in [0.4, 0.5) is 13.2 Å². The third-order valence-electron chi connectivity index (χ3n) is 2.93. The Morgan fingerprint density at radius 1 is 1.32 bits per heavy atom. The van der Waals surface area contributed by atoms with Crippen molar-refractivity contribution in [2.75, 3.05) is 6.79 Å². The van der Waals surface area contributed by atoms with Crippen molar-refractivity contribution in [2.45, 2.75) is 12.7 Å². The van der Waals surface area contributed by atoms with Crippen molar-refractivity contribution in [3.63, 3.8) is 0 Å². The van der Waals surface area contributed by atoms with Crippen LogP contribution in [0.3, 0.4) is 0 Å². The average molecular weight is 330 g/mol. The Morgan fingerprint density at radius 2 is 2.09 bits per heavy atom. The molecule has 0 bridgehead atoms. The van der Waals surface area contributed by atoms with Gasteiger partial charge in [-0.05, 0) is 17.7 Å². The molecule has 0 spiro atoms. The molecule has 5 nitrogen and oxygen atoms in total. The zero-order chi connectivity index (χ0) is 15.7. The van der Waals surface area contributed by atoms with Crippen LogP contribution in [-0.4, -0.2) is 17.7 Å². The Labute approximate surface area is 126 Å². The van der Waals surface area contributed by atoms with Gasteiger partial charge >= 0.3 is 6.18 Å². The number of carbonyl (C=O) groups excluding carboxylic acids is 1. The third kappa shape index (κ3) is 2.84. The van der Waals surface area contributed by atoms with Crippen LogP contribution in [0, 0.1) is 0 Å². The number of rotatable bonds is 3. The number of amides is 1. The molecule has 1 aromatic heterocycles. The molecule has 1 aliphatic heterocycles. The topological polar surface area (TPSA) is 60.5 Å². The summed E-state index contributed by atoms with van der Waals surface area (Å²) in [4.78, 5) is 14.6. The third-order valence-corrected chi connectivity index (χ3v) is 3.76. The van der Waals surface area contributed by atoms with Crippen LogP contribution in [-0.2, 0) is 12.7 Å². The van der Waals surface area contributed by atoms with Crippen molar-refractivity contribution in [2.24, 2.45) is 0 Å². The van der Waals surface area contributed by atoms with Crippen molar-refractivity contribution >= 4 is 17.2 Å². The summed E-state index contributed by atoms with van der Waals surface area (Å²) in [5.41, 5.74) is 0.523. The van der Waals surface area contributed by atoms with E-state index < -0.39 is 22.7 Å². The Balaban J connectivity index is 1.69. The fraction of sp³-hybridized carbons (Fsp3) is 0.231. The van der Waals surface area contributed by atoms with Crippen LogP contribution in [0.5, 0.6) is 11.5 Å². The monoisotopic (exact) mass is 330 g/mol. The van der Waals surface area contributed by atoms with E-state index in [9.17, 15) is 18.0 Å². The van der Waals surface area contributed by atoms with E-state index in [1.165, 1.54) is 0 Å². The fourth-order valence-electron chi connectivity index (χ4n) is 1.92. The van der Waals surface area contributed by atoms with Crippen molar-refractivity contribution in [3.05, 3.63) is 39.8 Å². The number of ether oxygens (including phenoxy) is 2. The Bertz CT molecular complexity index is 715. The molecule has 0 unspecified atom stereocenters. The fourth-order valence-corrected chi connectivity index (χ4v) is 2.65. The van der Waals surface area contributed by atoms with Crippen LogP contribution in [0.2, 0.25) is 0 Å². The van der Waals surface area contributed by atoms with Crippen molar-refractivity contribution in [1.29, 1.82) is 0 Å². The molecule has 0 saturated carbocycles. The van der Waals surface area contributed by atoms with Gasteiger partial charge in [0, 0.05) is 6.54 Å². The maximum atomic E-state index is 12.7. The van der Waals surface area contributed by atoms with Gasteiger partial charge in [0.25, 0.3) is 5.91 Å². The van der Waals surface area contributed by atoms with E-state index in [1.807, 2.05) is 0 Å². The number of nitrogens with one attached hydrogen (secondary N) is 1. The molecule has 0 aliphatic carbocycles. The van der Waals surface area contributed by atoms with Crippen LogP contribution in [0.15, 0.2) is 23.7 Å². The minimum Gasteiger partial charge on any atom is -0.454 e. The lowest BCUT2D eigenvalue weighted by Crippen LogP contribution is -2.24. The molecule has 22 heavy (non-hydrogen) atoms. The summed E-state index contributed by atoms with van der Waals surface area (Å²) in [5.74, 6) is 0.324. The first-order valence-corrected chi connectivity index (χ1v) is 7.00. The van der Waals surface area contributed by atoms with Gasteiger partial charge in [0.15, 0.2) is 17.2 Å². The summed E-state index contributed by atoms with van der Waals surface area (Å²) in [6.07, 6.45) is -4.65. The van der Waals surface area contributed by atoms with Crippen molar-refractivity contribution in [1.82, 2.24) is 10.3 Å². The second-order valence-electron chi connectivity index (χ2n) is 4.40. The van der Waals surface area contributed by atoms with E-state index in [-0.39, 0.29) is 13.3 Å². The van der Waals surface area contributed by atoms with E-state index in [4.69, 9.17) is 9.47 Å². The zero-order valence-corrected chi connectivity index (χ0v) is 11.8. The molecule has 1 amide bonds. The first-order valence-electron chi connectivity index (χ1n) is 6.12. The van der Waals surface area contributed by atoms with Crippen LogP contribution < -0.4 is 14.8 Å². The van der Waals surface area contributed by atoms with E-state index in [0.717, 1.165) is 5.51 Å². The van der Waals surface area contributed by atoms with Gasteiger partial charge in [-0.2, -0.15) is 13.2 Å². The molecule has 116 valence electrons. The number of thiazole rings is 1. The second-order valence-corrected chi connectivity index (χ2v) is 5.25. The number of alkyl halides is 3. The van der Waals surface area contributed by atoms with Crippen molar-refractivity contribution in [3.8, 4) is 11.5 Å². The molecule has 9 heteroatoms. The van der Waals surface area contributed by atoms with Gasteiger partial charge < -0.3 is 14.8 Å². The highest BCUT2D eigenvalue weighted by Gasteiger charge is 2.38. The van der Waals surface area contributed by atoms with E-state index >= 15 is 0 Å². The standard InChI is InChI=1S/C13H9F3N2O3S/c14-13(15,16)11-10(22-5-18-11)12(19)17-4-7-1-2-8-9(3-7)21-6-20-8/h1-3,5H,4,6H2,(H,17,19). The minimum atomic E-state index is -4.65. The summed E-state index contributed by atoms with van der Waals surface area (Å²) < 4.78 is 48.4. The van der Waals surface area contributed by atoms with Crippen LogP contribution in [0.1, 0.15) is 20.9 Å². The average Bonchev–Trinajstić information content (AvgIpc) is 3.12. The van der Waals surface area contributed by atoms with Gasteiger partial charge in [-0.1, -0.05) is 6.07 Å². The van der Waals surface area contributed by atoms with Gasteiger partial charge in [-0.25, -0.2) is 4.98 Å². The first kappa shape index (κ1) is 14.6. The lowest BCUT2D eigenvalue weighted by Gasteiger charge is -2.08. The van der Waals surface area contributed by atoms with Crippen LogP contribution >= 0.6 is 11.3 Å². The number of carbonyl (C=O) groups is 1. The van der Waals surface area contributed by atoms with Gasteiger partial charge in [-0.3, -0.25) is 4.79 Å². The van der Waals surface area contributed by atoms with E-state index in [0.29, 0.717) is 28.4 Å². The lowest BCUT2D eigenvalue weighted by atomic mass is 10.2. The zero-order valence-electron chi connectivity index (χ0n) is 10.9. The molecule has 2 heterocycles. The number of hydrogen-bond acceptors (Lipinski definition) is 5. The highest BCUT2D eigenvalue weighted by molar-refractivity contribution is 7.11. The lowest BCUT2D eigenvalue weighted by molar-refractivity contribution is -0.141. The van der Waals surface area contributed by atoms with E-state index in [2.05, 4.69) is 10.3 Å². The van der Waals surface area contributed by atoms with Gasteiger partial charge in [0.1, 0.15) is 4.88 Å². The molecule has 2 aromatic rings. The molecule has 1 aromatic carbocycles. The largest absolute Gasteiger partial charge is 0.454 e. The Kier molecular flexibility index (Phi) is 3.65. The quantitative estimate of drug-likeness (QED) is 0.940. The molecule has 0 atom stereocenters. The highest BCUT2D eigenvalue weighted by atomic mass is 32.1. The predicted octanol–water partition coefficient (Wildman–Crippen LogP) is 2.82. The molecule has 3 rings (SSSR count). The summed E-state index contributed by atoms with van der Waals surface area (Å²) in [5, 5.41) is 2.44. The normalized spacial score (nSPS) is 13.2. The Hall–Kier alpha value is -2.29. The maximum absolute atomic E-state index is 12.7. The molecule has 1 N–H and O–H groups in total.